The van der Waals surface area contributed by atoms with E-state index < -0.39 is 0 Å². The Bertz CT molecular complexity index is 62.0. The minimum atomic E-state index is 0.956. The molecule has 76 valence electrons. The first-order valence-corrected chi connectivity index (χ1v) is 5.49. The third-order valence-corrected chi connectivity index (χ3v) is 2.08. The Hall–Kier alpha value is -0.0400. The summed E-state index contributed by atoms with van der Waals surface area (Å²) in [6, 6.07) is 0. The summed E-state index contributed by atoms with van der Waals surface area (Å²) in [5.74, 6) is 0.956. The summed E-state index contributed by atoms with van der Waals surface area (Å²) >= 11 is 0. The average Bonchev–Trinajstić information content (AvgIpc) is 2.15. The summed E-state index contributed by atoms with van der Waals surface area (Å²) in [6.45, 7) is 9.73. The van der Waals surface area contributed by atoms with Crippen LogP contribution >= 0.6 is 0 Å². The van der Waals surface area contributed by atoms with Crippen LogP contribution in [-0.4, -0.2) is 13.6 Å². The van der Waals surface area contributed by atoms with Crippen molar-refractivity contribution in [1.82, 2.24) is 5.32 Å². The average molecular weight is 173 g/mol. The Labute approximate surface area is 78.9 Å². The fourth-order valence-corrected chi connectivity index (χ4v) is 1.31. The fourth-order valence-electron chi connectivity index (χ4n) is 1.31. The molecule has 1 heteroatoms. The Morgan fingerprint density at radius 1 is 1.08 bits per heavy atom. The van der Waals surface area contributed by atoms with Gasteiger partial charge in [-0.25, -0.2) is 0 Å². The lowest BCUT2D eigenvalue weighted by molar-refractivity contribution is 0.426. The normalized spacial score (nSPS) is 11.8. The van der Waals surface area contributed by atoms with E-state index in [9.17, 15) is 0 Å². The van der Waals surface area contributed by atoms with Crippen LogP contribution in [-0.2, 0) is 0 Å². The number of nitrogens with one attached hydrogen (secondary N) is 1. The molecule has 0 aliphatic carbocycles. The van der Waals surface area contributed by atoms with Crippen molar-refractivity contribution in [2.75, 3.05) is 13.6 Å². The summed E-state index contributed by atoms with van der Waals surface area (Å²) in [5.41, 5.74) is 0. The lowest BCUT2D eigenvalue weighted by Crippen LogP contribution is -2.12. The topological polar surface area (TPSA) is 12.0 Å². The second kappa shape index (κ2) is 13.5. The van der Waals surface area contributed by atoms with Gasteiger partial charge in [-0.05, 0) is 25.9 Å². The highest BCUT2D eigenvalue weighted by Crippen LogP contribution is 2.13. The SMILES string of the molecule is CC.CCCC(CC)CCNC. The van der Waals surface area contributed by atoms with Crippen LogP contribution in [0, 0.1) is 5.92 Å². The van der Waals surface area contributed by atoms with Crippen molar-refractivity contribution >= 4 is 0 Å². The van der Waals surface area contributed by atoms with Crippen LogP contribution in [0.5, 0.6) is 0 Å². The predicted molar refractivity (Wildman–Crippen MR) is 58.6 cm³/mol. The predicted octanol–water partition coefficient (Wildman–Crippen LogP) is 3.45. The van der Waals surface area contributed by atoms with Crippen molar-refractivity contribution in [3.8, 4) is 0 Å². The van der Waals surface area contributed by atoms with E-state index in [1.165, 1.54) is 32.2 Å². The first-order valence-electron chi connectivity index (χ1n) is 5.49. The van der Waals surface area contributed by atoms with Gasteiger partial charge in [0.05, 0.1) is 0 Å². The van der Waals surface area contributed by atoms with E-state index in [-0.39, 0.29) is 0 Å². The maximum atomic E-state index is 3.19. The quantitative estimate of drug-likeness (QED) is 0.648. The zero-order valence-corrected chi connectivity index (χ0v) is 9.61. The highest BCUT2D eigenvalue weighted by Gasteiger charge is 2.02. The Morgan fingerprint density at radius 3 is 2.00 bits per heavy atom. The van der Waals surface area contributed by atoms with Crippen LogP contribution in [0.1, 0.15) is 53.4 Å². The highest BCUT2D eigenvalue weighted by atomic mass is 14.8. The molecule has 12 heavy (non-hydrogen) atoms. The van der Waals surface area contributed by atoms with Gasteiger partial charge in [0.25, 0.3) is 0 Å². The number of hydrogen-bond donors (Lipinski definition) is 1. The van der Waals surface area contributed by atoms with Gasteiger partial charge in [-0.15, -0.1) is 0 Å². The molecule has 0 amide bonds. The molecule has 0 aromatic rings. The summed E-state index contributed by atoms with van der Waals surface area (Å²) in [7, 11) is 2.03. The summed E-state index contributed by atoms with van der Waals surface area (Å²) < 4.78 is 0. The first-order chi connectivity index (χ1) is 5.85. The zero-order valence-electron chi connectivity index (χ0n) is 9.61. The molecule has 0 aliphatic heterocycles. The molecule has 0 heterocycles. The van der Waals surface area contributed by atoms with Crippen LogP contribution < -0.4 is 5.32 Å². The van der Waals surface area contributed by atoms with Crippen molar-refractivity contribution < 1.29 is 0 Å². The molecule has 0 bridgehead atoms. The minimum absolute atomic E-state index is 0.956. The second-order valence-electron chi connectivity index (χ2n) is 2.96. The van der Waals surface area contributed by atoms with Gasteiger partial charge in [-0.3, -0.25) is 0 Å². The van der Waals surface area contributed by atoms with Crippen LogP contribution in [0.4, 0.5) is 0 Å². The minimum Gasteiger partial charge on any atom is -0.320 e. The fraction of sp³-hybridized carbons (Fsp3) is 1.00. The van der Waals surface area contributed by atoms with Crippen LogP contribution in [0.2, 0.25) is 0 Å². The molecule has 0 spiro atoms. The summed E-state index contributed by atoms with van der Waals surface area (Å²) in [6.07, 6.45) is 5.43. The largest absolute Gasteiger partial charge is 0.320 e. The van der Waals surface area contributed by atoms with E-state index in [4.69, 9.17) is 0 Å². The van der Waals surface area contributed by atoms with E-state index in [2.05, 4.69) is 19.2 Å². The van der Waals surface area contributed by atoms with E-state index in [1.54, 1.807) is 0 Å². The molecule has 1 unspecified atom stereocenters. The first kappa shape index (κ1) is 14.5. The summed E-state index contributed by atoms with van der Waals surface area (Å²) in [4.78, 5) is 0. The van der Waals surface area contributed by atoms with Gasteiger partial charge in [0.15, 0.2) is 0 Å². The van der Waals surface area contributed by atoms with Crippen LogP contribution in [0.15, 0.2) is 0 Å². The molecule has 0 saturated carbocycles. The Morgan fingerprint density at radius 2 is 1.67 bits per heavy atom. The van der Waals surface area contributed by atoms with Crippen molar-refractivity contribution in [3.05, 3.63) is 0 Å². The van der Waals surface area contributed by atoms with Crippen molar-refractivity contribution in [2.24, 2.45) is 5.92 Å². The van der Waals surface area contributed by atoms with Gasteiger partial charge in [-0.1, -0.05) is 47.0 Å². The van der Waals surface area contributed by atoms with Gasteiger partial charge >= 0.3 is 0 Å². The Kier molecular flexibility index (Phi) is 16.3. The lowest BCUT2D eigenvalue weighted by Gasteiger charge is -2.12. The van der Waals surface area contributed by atoms with E-state index in [0.717, 1.165) is 5.92 Å². The van der Waals surface area contributed by atoms with Crippen molar-refractivity contribution in [3.63, 3.8) is 0 Å². The molecule has 0 aromatic heterocycles. The second-order valence-corrected chi connectivity index (χ2v) is 2.96. The van der Waals surface area contributed by atoms with Gasteiger partial charge in [0, 0.05) is 0 Å². The van der Waals surface area contributed by atoms with Gasteiger partial charge in [0.2, 0.25) is 0 Å². The molecule has 1 atom stereocenters. The third-order valence-electron chi connectivity index (χ3n) is 2.08. The number of hydrogen-bond acceptors (Lipinski definition) is 1. The van der Waals surface area contributed by atoms with E-state index in [1.807, 2.05) is 20.9 Å². The molecule has 0 fully saturated rings. The standard InChI is InChI=1S/C9H21N.C2H6/c1-4-6-9(5-2)7-8-10-3;1-2/h9-10H,4-8H2,1-3H3;1-2H3. The molecule has 0 rings (SSSR count). The Balaban J connectivity index is 0. The molecule has 0 radical (unpaired) electrons. The molecular weight excluding hydrogens is 146 g/mol. The highest BCUT2D eigenvalue weighted by molar-refractivity contribution is 4.57. The van der Waals surface area contributed by atoms with Gasteiger partial charge in [0.1, 0.15) is 0 Å². The smallest absolute Gasteiger partial charge is 0.00493 e. The maximum Gasteiger partial charge on any atom is -0.00493 e. The monoisotopic (exact) mass is 173 g/mol. The summed E-state index contributed by atoms with van der Waals surface area (Å²) in [5, 5.41) is 3.19. The van der Waals surface area contributed by atoms with Gasteiger partial charge < -0.3 is 5.32 Å². The molecule has 1 nitrogen and oxygen atoms in total. The van der Waals surface area contributed by atoms with E-state index >= 15 is 0 Å². The molecular formula is C11H27N. The molecule has 0 aliphatic rings. The molecule has 1 N–H and O–H groups in total. The molecule has 0 saturated heterocycles. The van der Waals surface area contributed by atoms with Gasteiger partial charge in [-0.2, -0.15) is 0 Å². The van der Waals surface area contributed by atoms with Crippen LogP contribution in [0.25, 0.3) is 0 Å². The molecule has 0 aromatic carbocycles. The zero-order chi connectivity index (χ0) is 9.82. The maximum absolute atomic E-state index is 3.19. The third kappa shape index (κ3) is 9.96. The van der Waals surface area contributed by atoms with E-state index in [0.29, 0.717) is 0 Å². The van der Waals surface area contributed by atoms with Crippen molar-refractivity contribution in [1.29, 1.82) is 0 Å². The number of rotatable bonds is 6. The van der Waals surface area contributed by atoms with Crippen LogP contribution in [0.3, 0.4) is 0 Å². The van der Waals surface area contributed by atoms with Crippen molar-refractivity contribution in [2.45, 2.75) is 53.4 Å². The lowest BCUT2D eigenvalue weighted by atomic mass is 9.97.